The van der Waals surface area contributed by atoms with Crippen molar-refractivity contribution in [1.82, 2.24) is 24.9 Å². The van der Waals surface area contributed by atoms with Crippen LogP contribution < -0.4 is 10.2 Å². The molecule has 0 radical (unpaired) electrons. The summed E-state index contributed by atoms with van der Waals surface area (Å²) in [5, 5.41) is 12.3. The van der Waals surface area contributed by atoms with Gasteiger partial charge in [0.15, 0.2) is 11.4 Å². The maximum Gasteiger partial charge on any atom is 0.433 e. The summed E-state index contributed by atoms with van der Waals surface area (Å²) in [5.74, 6) is -1.64. The number of halogens is 9. The molecule has 4 rings (SSSR count). The second-order valence-corrected chi connectivity index (χ2v) is 7.61. The molecule has 1 aliphatic heterocycles. The van der Waals surface area contributed by atoms with Gasteiger partial charge in [0.05, 0.1) is 6.54 Å². The summed E-state index contributed by atoms with van der Waals surface area (Å²) in [5.41, 5.74) is -6.59. The SMILES string of the molecule is O[C@@]1(C(F)(F)F)C=CN(c2nc(Nc3ccnc(C(F)(F)F)c3)nc(-c3cccc(C(F)(F)F)n3)n2)C1. The van der Waals surface area contributed by atoms with Crippen LogP contribution in [-0.4, -0.2) is 48.3 Å². The summed E-state index contributed by atoms with van der Waals surface area (Å²) in [6.45, 7) is -1.11. The van der Waals surface area contributed by atoms with Gasteiger partial charge in [-0.25, -0.2) is 4.98 Å². The van der Waals surface area contributed by atoms with Crippen LogP contribution in [0.15, 0.2) is 48.8 Å². The lowest BCUT2D eigenvalue weighted by atomic mass is 10.1. The summed E-state index contributed by atoms with van der Waals surface area (Å²) >= 11 is 0. The molecule has 0 aromatic carbocycles. The topological polar surface area (TPSA) is 100.0 Å². The van der Waals surface area contributed by atoms with Gasteiger partial charge in [0, 0.05) is 18.1 Å². The molecule has 0 spiro atoms. The zero-order valence-corrected chi connectivity index (χ0v) is 17.9. The summed E-state index contributed by atoms with van der Waals surface area (Å²) in [6, 6.07) is 4.41. The van der Waals surface area contributed by atoms with Crippen LogP contribution in [0.5, 0.6) is 0 Å². The summed E-state index contributed by atoms with van der Waals surface area (Å²) in [6.07, 6.45) is -12.7. The molecule has 0 amide bonds. The normalized spacial score (nSPS) is 18.4. The molecule has 8 nitrogen and oxygen atoms in total. The highest BCUT2D eigenvalue weighted by Crippen LogP contribution is 2.37. The molecule has 196 valence electrons. The Kier molecular flexibility index (Phi) is 6.21. The van der Waals surface area contributed by atoms with E-state index in [4.69, 9.17) is 0 Å². The summed E-state index contributed by atoms with van der Waals surface area (Å²) in [7, 11) is 0. The average molecular weight is 537 g/mol. The Morgan fingerprint density at radius 1 is 0.865 bits per heavy atom. The Bertz CT molecular complexity index is 1340. The average Bonchev–Trinajstić information content (AvgIpc) is 3.22. The number of pyridine rings is 2. The van der Waals surface area contributed by atoms with Crippen LogP contribution in [0, 0.1) is 0 Å². The zero-order chi connectivity index (χ0) is 27.2. The van der Waals surface area contributed by atoms with E-state index in [0.717, 1.165) is 35.5 Å². The second-order valence-electron chi connectivity index (χ2n) is 7.61. The van der Waals surface area contributed by atoms with Crippen LogP contribution in [-0.2, 0) is 12.4 Å². The van der Waals surface area contributed by atoms with Crippen molar-refractivity contribution < 1.29 is 44.6 Å². The quantitative estimate of drug-likeness (QED) is 0.461. The van der Waals surface area contributed by atoms with E-state index in [1.807, 2.05) is 0 Å². The van der Waals surface area contributed by atoms with Gasteiger partial charge in [-0.1, -0.05) is 6.07 Å². The minimum atomic E-state index is -5.08. The first-order valence-corrected chi connectivity index (χ1v) is 9.91. The fourth-order valence-electron chi connectivity index (χ4n) is 3.07. The van der Waals surface area contributed by atoms with Gasteiger partial charge in [-0.15, -0.1) is 0 Å². The zero-order valence-electron chi connectivity index (χ0n) is 17.9. The van der Waals surface area contributed by atoms with Crippen LogP contribution in [0.2, 0.25) is 0 Å². The predicted molar refractivity (Wildman–Crippen MR) is 108 cm³/mol. The van der Waals surface area contributed by atoms with Crippen molar-refractivity contribution in [3.05, 3.63) is 60.2 Å². The maximum atomic E-state index is 13.2. The van der Waals surface area contributed by atoms with Crippen molar-refractivity contribution in [2.75, 3.05) is 16.8 Å². The molecule has 0 saturated heterocycles. The van der Waals surface area contributed by atoms with Crippen LogP contribution in [0.25, 0.3) is 11.5 Å². The number of hydrogen-bond acceptors (Lipinski definition) is 8. The van der Waals surface area contributed by atoms with E-state index in [2.05, 4.69) is 30.2 Å². The Hall–Kier alpha value is -4.02. The number of rotatable bonds is 4. The van der Waals surface area contributed by atoms with Gasteiger partial charge in [-0.2, -0.15) is 54.5 Å². The third-order valence-corrected chi connectivity index (χ3v) is 4.89. The molecule has 0 bridgehead atoms. The van der Waals surface area contributed by atoms with Gasteiger partial charge in [0.1, 0.15) is 17.1 Å². The first kappa shape index (κ1) is 26.1. The van der Waals surface area contributed by atoms with Crippen molar-refractivity contribution in [3.63, 3.8) is 0 Å². The minimum absolute atomic E-state index is 0.244. The molecule has 1 atom stereocenters. The lowest BCUT2D eigenvalue weighted by molar-refractivity contribution is -0.233. The van der Waals surface area contributed by atoms with Crippen LogP contribution in [0.3, 0.4) is 0 Å². The van der Waals surface area contributed by atoms with Gasteiger partial charge >= 0.3 is 18.5 Å². The lowest BCUT2D eigenvalue weighted by Crippen LogP contribution is -2.47. The van der Waals surface area contributed by atoms with E-state index >= 15 is 0 Å². The van der Waals surface area contributed by atoms with Crippen molar-refractivity contribution in [2.45, 2.75) is 24.1 Å². The molecule has 2 N–H and O–H groups in total. The van der Waals surface area contributed by atoms with Gasteiger partial charge < -0.3 is 15.3 Å². The highest BCUT2D eigenvalue weighted by molar-refractivity contribution is 5.60. The molecule has 3 aromatic rings. The Morgan fingerprint density at radius 3 is 2.19 bits per heavy atom. The monoisotopic (exact) mass is 537 g/mol. The summed E-state index contributed by atoms with van der Waals surface area (Å²) in [4.78, 5) is 18.9. The van der Waals surface area contributed by atoms with Gasteiger partial charge in [0.25, 0.3) is 0 Å². The van der Waals surface area contributed by atoms with Crippen LogP contribution in [0.1, 0.15) is 11.4 Å². The molecule has 4 heterocycles. The van der Waals surface area contributed by atoms with E-state index in [9.17, 15) is 44.6 Å². The van der Waals surface area contributed by atoms with Gasteiger partial charge in [-0.05, 0) is 30.3 Å². The molecule has 0 unspecified atom stereocenters. The predicted octanol–water partition coefficient (Wildman–Crippen LogP) is 4.74. The number of alkyl halides is 9. The molecule has 0 saturated carbocycles. The number of nitrogens with one attached hydrogen (secondary N) is 1. The van der Waals surface area contributed by atoms with E-state index in [-0.39, 0.29) is 5.69 Å². The first-order chi connectivity index (χ1) is 17.0. The van der Waals surface area contributed by atoms with Crippen LogP contribution in [0.4, 0.5) is 57.1 Å². The number of nitrogens with zero attached hydrogens (tertiary/aromatic N) is 6. The lowest BCUT2D eigenvalue weighted by Gasteiger charge is -2.26. The van der Waals surface area contributed by atoms with Gasteiger partial charge in [-0.3, -0.25) is 4.98 Å². The van der Waals surface area contributed by atoms with E-state index in [1.165, 1.54) is 0 Å². The molecular weight excluding hydrogens is 525 g/mol. The summed E-state index contributed by atoms with van der Waals surface area (Å²) < 4.78 is 118. The third kappa shape index (κ3) is 5.55. The van der Waals surface area contributed by atoms with Crippen molar-refractivity contribution in [1.29, 1.82) is 0 Å². The Balaban J connectivity index is 1.78. The highest BCUT2D eigenvalue weighted by atomic mass is 19.4. The van der Waals surface area contributed by atoms with E-state index in [0.29, 0.717) is 18.2 Å². The maximum absolute atomic E-state index is 13.2. The second kappa shape index (κ2) is 8.82. The van der Waals surface area contributed by atoms with E-state index < -0.39 is 65.5 Å². The number of aromatic nitrogens is 5. The number of β-amino-alcohol motifs (C(OH)–C–C–N with tert-alkyl or cyclic N) is 1. The van der Waals surface area contributed by atoms with Crippen LogP contribution >= 0.6 is 0 Å². The molecular formula is C20H12F9N7O. The minimum Gasteiger partial charge on any atom is -0.375 e. The fourth-order valence-corrected chi connectivity index (χ4v) is 3.07. The molecule has 1 aliphatic rings. The third-order valence-electron chi connectivity index (χ3n) is 4.89. The first-order valence-electron chi connectivity index (χ1n) is 9.91. The highest BCUT2D eigenvalue weighted by Gasteiger charge is 2.55. The molecule has 17 heteroatoms. The van der Waals surface area contributed by atoms with Gasteiger partial charge in [0.2, 0.25) is 11.9 Å². The van der Waals surface area contributed by atoms with Crippen molar-refractivity contribution in [3.8, 4) is 11.5 Å². The molecule has 0 fully saturated rings. The van der Waals surface area contributed by atoms with Crippen molar-refractivity contribution >= 4 is 17.6 Å². The Morgan fingerprint density at radius 2 is 1.57 bits per heavy atom. The molecule has 0 aliphatic carbocycles. The Labute approximate surface area is 200 Å². The number of hydrogen-bond donors (Lipinski definition) is 2. The molecule has 37 heavy (non-hydrogen) atoms. The standard InChI is InChI=1S/C20H12F9N7O/c21-18(22,23)12-3-1-2-11(32-12)14-33-15(31-10-4-6-30-13(8-10)19(24,25)26)35-16(34-14)36-7-5-17(37,9-36)20(27,28)29/h1-8,37H,9H2,(H,30,31,33,34,35)/t17-/m0/s1. The fraction of sp³-hybridized carbons (Fsp3) is 0.250. The largest absolute Gasteiger partial charge is 0.433 e. The smallest absolute Gasteiger partial charge is 0.375 e. The molecule has 3 aromatic heterocycles. The number of aliphatic hydroxyl groups is 1. The number of anilines is 3. The van der Waals surface area contributed by atoms with Crippen molar-refractivity contribution in [2.24, 2.45) is 0 Å². The van der Waals surface area contributed by atoms with E-state index in [1.54, 1.807) is 0 Å².